The average molecular weight is 427 g/mol. The fourth-order valence-electron chi connectivity index (χ4n) is 3.11. The fourth-order valence-corrected chi connectivity index (χ4v) is 3.11. The SMILES string of the molecule is C#C.C#C.CCCCCCCCCCCCC#CC#CCCCCCCCCC(=O)O. The molecule has 0 aromatic rings. The van der Waals surface area contributed by atoms with Crippen molar-refractivity contribution < 1.29 is 9.90 Å². The van der Waals surface area contributed by atoms with Gasteiger partial charge < -0.3 is 5.11 Å². The lowest BCUT2D eigenvalue weighted by Gasteiger charge is -2.00. The highest BCUT2D eigenvalue weighted by atomic mass is 16.4. The topological polar surface area (TPSA) is 37.3 Å². The minimum Gasteiger partial charge on any atom is -0.481 e. The van der Waals surface area contributed by atoms with Crippen LogP contribution < -0.4 is 0 Å². The third-order valence-electron chi connectivity index (χ3n) is 4.84. The molecule has 0 fully saturated rings. The van der Waals surface area contributed by atoms with Crippen LogP contribution in [-0.2, 0) is 4.79 Å². The third kappa shape index (κ3) is 38.9. The van der Waals surface area contributed by atoms with Gasteiger partial charge in [-0.3, -0.25) is 4.79 Å². The lowest BCUT2D eigenvalue weighted by molar-refractivity contribution is -0.137. The number of carboxylic acid groups (broad SMARTS) is 1. The summed E-state index contributed by atoms with van der Waals surface area (Å²) in [5.74, 6) is 11.6. The molecule has 0 aliphatic heterocycles. The van der Waals surface area contributed by atoms with E-state index >= 15 is 0 Å². The van der Waals surface area contributed by atoms with E-state index in [0.29, 0.717) is 6.42 Å². The summed E-state index contributed by atoms with van der Waals surface area (Å²) in [7, 11) is 0. The van der Waals surface area contributed by atoms with Gasteiger partial charge in [-0.05, 0) is 31.1 Å². The summed E-state index contributed by atoms with van der Waals surface area (Å²) in [4.78, 5) is 10.4. The summed E-state index contributed by atoms with van der Waals surface area (Å²) in [5, 5.41) is 8.55. The van der Waals surface area contributed by atoms with Crippen LogP contribution in [0.5, 0.6) is 0 Å². The molecule has 0 unspecified atom stereocenters. The van der Waals surface area contributed by atoms with Crippen molar-refractivity contribution >= 4 is 5.97 Å². The van der Waals surface area contributed by atoms with Crippen LogP contribution in [-0.4, -0.2) is 11.1 Å². The zero-order valence-corrected chi connectivity index (χ0v) is 20.1. The largest absolute Gasteiger partial charge is 0.481 e. The van der Waals surface area contributed by atoms with Gasteiger partial charge >= 0.3 is 5.97 Å². The number of hydrogen-bond acceptors (Lipinski definition) is 1. The first-order valence-corrected chi connectivity index (χ1v) is 12.1. The molecule has 31 heavy (non-hydrogen) atoms. The van der Waals surface area contributed by atoms with Gasteiger partial charge in [0.1, 0.15) is 0 Å². The second-order valence-corrected chi connectivity index (χ2v) is 7.55. The molecule has 2 nitrogen and oxygen atoms in total. The molecular weight excluding hydrogens is 380 g/mol. The number of carbonyl (C=O) groups is 1. The standard InChI is InChI=1S/C25H42O2.2C2H2/c1-2-3-4-5-6-7-8-9-10-11-12-13-14-15-16-17-18-19-20-21-22-23-24-25(26)27;2*1-2/h2-12,17-24H2,1H3,(H,26,27);2*1-2H. The van der Waals surface area contributed by atoms with E-state index in [1.807, 2.05) is 0 Å². The number of carboxylic acids is 1. The lowest BCUT2D eigenvalue weighted by Crippen LogP contribution is -1.93. The van der Waals surface area contributed by atoms with Gasteiger partial charge in [0, 0.05) is 19.3 Å². The Balaban J connectivity index is -0.00000184. The summed E-state index contributed by atoms with van der Waals surface area (Å²) in [6.07, 6.45) is 38.4. The molecule has 174 valence electrons. The molecule has 0 aliphatic rings. The van der Waals surface area contributed by atoms with Gasteiger partial charge in [0.05, 0.1) is 0 Å². The van der Waals surface area contributed by atoms with Crippen LogP contribution in [0.3, 0.4) is 0 Å². The van der Waals surface area contributed by atoms with Crippen LogP contribution >= 0.6 is 0 Å². The maximum Gasteiger partial charge on any atom is 0.303 e. The molecular formula is C29H46O2. The first-order chi connectivity index (χ1) is 15.3. The van der Waals surface area contributed by atoms with Crippen molar-refractivity contribution in [3.63, 3.8) is 0 Å². The molecule has 0 bridgehead atoms. The van der Waals surface area contributed by atoms with Crippen molar-refractivity contribution in [1.29, 1.82) is 0 Å². The Labute approximate surface area is 194 Å². The molecule has 0 aromatic carbocycles. The molecule has 1 N–H and O–H groups in total. The second kappa shape index (κ2) is 35.2. The molecule has 0 radical (unpaired) electrons. The Hall–Kier alpha value is -2.29. The first-order valence-electron chi connectivity index (χ1n) is 12.1. The monoisotopic (exact) mass is 426 g/mol. The number of unbranched alkanes of at least 4 members (excludes halogenated alkanes) is 16. The van der Waals surface area contributed by atoms with Gasteiger partial charge in [-0.2, -0.15) is 0 Å². The molecule has 0 amide bonds. The van der Waals surface area contributed by atoms with Gasteiger partial charge in [0.2, 0.25) is 0 Å². The molecule has 2 heteroatoms. The van der Waals surface area contributed by atoms with E-state index in [1.165, 1.54) is 77.0 Å². The van der Waals surface area contributed by atoms with Crippen LogP contribution in [0, 0.1) is 49.4 Å². The highest BCUT2D eigenvalue weighted by Gasteiger charge is 1.96. The van der Waals surface area contributed by atoms with Crippen LogP contribution in [0.25, 0.3) is 0 Å². The summed E-state index contributed by atoms with van der Waals surface area (Å²) in [6, 6.07) is 0. The smallest absolute Gasteiger partial charge is 0.303 e. The molecule has 0 heterocycles. The van der Waals surface area contributed by atoms with E-state index in [1.54, 1.807) is 0 Å². The van der Waals surface area contributed by atoms with Crippen molar-refractivity contribution in [3.05, 3.63) is 0 Å². The molecule has 0 saturated heterocycles. The molecule has 0 aliphatic carbocycles. The van der Waals surface area contributed by atoms with E-state index in [2.05, 4.69) is 56.3 Å². The third-order valence-corrected chi connectivity index (χ3v) is 4.84. The van der Waals surface area contributed by atoms with Crippen LogP contribution in [0.15, 0.2) is 0 Å². The summed E-state index contributed by atoms with van der Waals surface area (Å²) < 4.78 is 0. The highest BCUT2D eigenvalue weighted by Crippen LogP contribution is 2.11. The second-order valence-electron chi connectivity index (χ2n) is 7.55. The van der Waals surface area contributed by atoms with Crippen LogP contribution in [0.2, 0.25) is 0 Å². The average Bonchev–Trinajstić information content (AvgIpc) is 2.79. The van der Waals surface area contributed by atoms with Crippen LogP contribution in [0.1, 0.15) is 129 Å². The Morgan fingerprint density at radius 1 is 0.581 bits per heavy atom. The zero-order valence-electron chi connectivity index (χ0n) is 20.1. The van der Waals surface area contributed by atoms with Crippen molar-refractivity contribution in [2.75, 3.05) is 0 Å². The first kappa shape index (κ1) is 33.4. The number of rotatable bonds is 18. The lowest BCUT2D eigenvalue weighted by atomic mass is 10.1. The molecule has 0 aromatic heterocycles. The van der Waals surface area contributed by atoms with E-state index < -0.39 is 5.97 Å². The van der Waals surface area contributed by atoms with Gasteiger partial charge in [-0.1, -0.05) is 102 Å². The summed E-state index contributed by atoms with van der Waals surface area (Å²) in [5.41, 5.74) is 0. The zero-order chi connectivity index (χ0) is 23.8. The maximum atomic E-state index is 10.4. The van der Waals surface area contributed by atoms with Gasteiger partial charge in [0.25, 0.3) is 0 Å². The minimum absolute atomic E-state index is 0.309. The van der Waals surface area contributed by atoms with E-state index in [4.69, 9.17) is 5.11 Å². The van der Waals surface area contributed by atoms with Crippen molar-refractivity contribution in [2.45, 2.75) is 129 Å². The Bertz CT molecular complexity index is 513. The predicted octanol–water partition coefficient (Wildman–Crippen LogP) is 8.01. The number of terminal acetylenes is 2. The molecule has 0 rings (SSSR count). The van der Waals surface area contributed by atoms with E-state index in [0.717, 1.165) is 38.5 Å². The van der Waals surface area contributed by atoms with Gasteiger partial charge in [-0.15, -0.1) is 25.7 Å². The Kier molecular flexibility index (Phi) is 37.8. The normalized spacial score (nSPS) is 8.81. The molecule has 0 spiro atoms. The predicted molar refractivity (Wildman–Crippen MR) is 136 cm³/mol. The maximum absolute atomic E-state index is 10.4. The minimum atomic E-state index is -0.681. The van der Waals surface area contributed by atoms with Crippen molar-refractivity contribution in [2.24, 2.45) is 0 Å². The molecule has 0 saturated carbocycles. The van der Waals surface area contributed by atoms with E-state index in [-0.39, 0.29) is 0 Å². The Morgan fingerprint density at radius 3 is 1.26 bits per heavy atom. The molecule has 0 atom stereocenters. The number of hydrogen-bond donors (Lipinski definition) is 1. The highest BCUT2D eigenvalue weighted by molar-refractivity contribution is 5.66. The summed E-state index contributed by atoms with van der Waals surface area (Å²) in [6.45, 7) is 2.27. The van der Waals surface area contributed by atoms with Gasteiger partial charge in [0.15, 0.2) is 0 Å². The van der Waals surface area contributed by atoms with Crippen LogP contribution in [0.4, 0.5) is 0 Å². The quantitative estimate of drug-likeness (QED) is 0.178. The van der Waals surface area contributed by atoms with Crippen molar-refractivity contribution in [1.82, 2.24) is 0 Å². The Morgan fingerprint density at radius 2 is 0.903 bits per heavy atom. The van der Waals surface area contributed by atoms with Crippen molar-refractivity contribution in [3.8, 4) is 49.4 Å². The summed E-state index contributed by atoms with van der Waals surface area (Å²) >= 11 is 0. The van der Waals surface area contributed by atoms with Gasteiger partial charge in [-0.25, -0.2) is 0 Å². The fraction of sp³-hybridized carbons (Fsp3) is 0.690. The number of aliphatic carboxylic acids is 1. The van der Waals surface area contributed by atoms with E-state index in [9.17, 15) is 4.79 Å².